The summed E-state index contributed by atoms with van der Waals surface area (Å²) in [5.41, 5.74) is 2.17. The summed E-state index contributed by atoms with van der Waals surface area (Å²) in [6.45, 7) is 7.22. The SMILES string of the molecule is CC(=O)Cc1ccc2c(c1C(C)C)OCCCO2. The van der Waals surface area contributed by atoms with Crippen molar-refractivity contribution in [2.75, 3.05) is 13.2 Å². The normalized spacial score (nSPS) is 14.4. The van der Waals surface area contributed by atoms with E-state index in [0.717, 1.165) is 29.0 Å². The largest absolute Gasteiger partial charge is 0.490 e. The Labute approximate surface area is 108 Å². The van der Waals surface area contributed by atoms with Crippen molar-refractivity contribution in [2.45, 2.75) is 39.5 Å². The summed E-state index contributed by atoms with van der Waals surface area (Å²) in [4.78, 5) is 11.4. The number of rotatable bonds is 3. The van der Waals surface area contributed by atoms with Gasteiger partial charge in [0.2, 0.25) is 0 Å². The van der Waals surface area contributed by atoms with E-state index in [0.29, 0.717) is 25.6 Å². The number of ether oxygens (including phenoxy) is 2. The van der Waals surface area contributed by atoms with Crippen LogP contribution in [0.15, 0.2) is 12.1 Å². The molecule has 98 valence electrons. The van der Waals surface area contributed by atoms with Gasteiger partial charge in [-0.25, -0.2) is 0 Å². The van der Waals surface area contributed by atoms with Crippen LogP contribution in [-0.4, -0.2) is 19.0 Å². The average Bonchev–Trinajstić information content (AvgIpc) is 2.52. The van der Waals surface area contributed by atoms with Crippen LogP contribution in [0.2, 0.25) is 0 Å². The second-order valence-electron chi connectivity index (χ2n) is 5.05. The number of Topliss-reactive ketones (excluding diaryl/α,β-unsaturated/α-hetero) is 1. The monoisotopic (exact) mass is 248 g/mol. The summed E-state index contributed by atoms with van der Waals surface area (Å²) in [5, 5.41) is 0. The molecule has 1 aliphatic heterocycles. The first-order valence-electron chi connectivity index (χ1n) is 6.50. The van der Waals surface area contributed by atoms with Gasteiger partial charge in [-0.2, -0.15) is 0 Å². The molecule has 0 saturated heterocycles. The molecule has 0 N–H and O–H groups in total. The number of hydrogen-bond acceptors (Lipinski definition) is 3. The average molecular weight is 248 g/mol. The Balaban J connectivity index is 2.49. The Morgan fingerprint density at radius 3 is 2.67 bits per heavy atom. The number of hydrogen-bond donors (Lipinski definition) is 0. The molecule has 3 heteroatoms. The lowest BCUT2D eigenvalue weighted by molar-refractivity contribution is -0.116. The van der Waals surface area contributed by atoms with Gasteiger partial charge in [-0.1, -0.05) is 19.9 Å². The van der Waals surface area contributed by atoms with Crippen LogP contribution in [0.4, 0.5) is 0 Å². The molecule has 0 aliphatic carbocycles. The zero-order valence-electron chi connectivity index (χ0n) is 11.3. The number of fused-ring (bicyclic) bond motifs is 1. The fourth-order valence-corrected chi connectivity index (χ4v) is 2.35. The van der Waals surface area contributed by atoms with Crippen LogP contribution in [0, 0.1) is 0 Å². The highest BCUT2D eigenvalue weighted by Gasteiger charge is 2.20. The zero-order chi connectivity index (χ0) is 13.1. The van der Waals surface area contributed by atoms with Crippen molar-refractivity contribution in [3.8, 4) is 11.5 Å². The Kier molecular flexibility index (Phi) is 3.90. The molecular formula is C15H20O3. The smallest absolute Gasteiger partial charge is 0.164 e. The van der Waals surface area contributed by atoms with E-state index in [1.54, 1.807) is 6.92 Å². The van der Waals surface area contributed by atoms with Gasteiger partial charge < -0.3 is 9.47 Å². The topological polar surface area (TPSA) is 35.5 Å². The second-order valence-corrected chi connectivity index (χ2v) is 5.05. The maximum Gasteiger partial charge on any atom is 0.164 e. The predicted molar refractivity (Wildman–Crippen MR) is 70.5 cm³/mol. The van der Waals surface area contributed by atoms with Crippen molar-refractivity contribution in [1.82, 2.24) is 0 Å². The van der Waals surface area contributed by atoms with Gasteiger partial charge in [0, 0.05) is 18.4 Å². The first-order valence-corrected chi connectivity index (χ1v) is 6.50. The van der Waals surface area contributed by atoms with Gasteiger partial charge >= 0.3 is 0 Å². The first-order chi connectivity index (χ1) is 8.59. The van der Waals surface area contributed by atoms with Crippen LogP contribution in [-0.2, 0) is 11.2 Å². The molecule has 0 saturated carbocycles. The van der Waals surface area contributed by atoms with E-state index in [9.17, 15) is 4.79 Å². The second kappa shape index (κ2) is 5.42. The maximum absolute atomic E-state index is 11.4. The Morgan fingerprint density at radius 1 is 1.28 bits per heavy atom. The number of benzene rings is 1. The van der Waals surface area contributed by atoms with E-state index in [-0.39, 0.29) is 5.78 Å². The minimum absolute atomic E-state index is 0.173. The predicted octanol–water partition coefficient (Wildman–Crippen LogP) is 3.10. The number of ketones is 1. The molecule has 0 unspecified atom stereocenters. The van der Waals surface area contributed by atoms with Crippen molar-refractivity contribution < 1.29 is 14.3 Å². The summed E-state index contributed by atoms with van der Waals surface area (Å²) in [7, 11) is 0. The molecule has 0 atom stereocenters. The lowest BCUT2D eigenvalue weighted by Gasteiger charge is -2.18. The highest BCUT2D eigenvalue weighted by molar-refractivity contribution is 5.79. The third-order valence-electron chi connectivity index (χ3n) is 3.06. The summed E-state index contributed by atoms with van der Waals surface area (Å²) in [5.74, 6) is 2.13. The van der Waals surface area contributed by atoms with Gasteiger partial charge in [0.25, 0.3) is 0 Å². The Morgan fingerprint density at radius 2 is 2.00 bits per heavy atom. The lowest BCUT2D eigenvalue weighted by atomic mass is 9.93. The van der Waals surface area contributed by atoms with Crippen LogP contribution in [0.3, 0.4) is 0 Å². The molecule has 0 bridgehead atoms. The van der Waals surface area contributed by atoms with E-state index in [2.05, 4.69) is 13.8 Å². The fourth-order valence-electron chi connectivity index (χ4n) is 2.35. The van der Waals surface area contributed by atoms with E-state index < -0.39 is 0 Å². The van der Waals surface area contributed by atoms with E-state index in [1.807, 2.05) is 12.1 Å². The van der Waals surface area contributed by atoms with Crippen molar-refractivity contribution in [1.29, 1.82) is 0 Å². The summed E-state index contributed by atoms with van der Waals surface area (Å²) in [6.07, 6.45) is 1.36. The van der Waals surface area contributed by atoms with Gasteiger partial charge in [0.15, 0.2) is 11.5 Å². The van der Waals surface area contributed by atoms with Crippen molar-refractivity contribution in [2.24, 2.45) is 0 Å². The zero-order valence-corrected chi connectivity index (χ0v) is 11.3. The molecule has 2 rings (SSSR count). The third-order valence-corrected chi connectivity index (χ3v) is 3.06. The molecular weight excluding hydrogens is 228 g/mol. The quantitative estimate of drug-likeness (QED) is 0.824. The minimum Gasteiger partial charge on any atom is -0.490 e. The Bertz CT molecular complexity index is 449. The number of carbonyl (C=O) groups is 1. The van der Waals surface area contributed by atoms with E-state index in [1.165, 1.54) is 0 Å². The molecule has 0 fully saturated rings. The van der Waals surface area contributed by atoms with Crippen molar-refractivity contribution in [3.63, 3.8) is 0 Å². The molecule has 0 aromatic heterocycles. The summed E-state index contributed by atoms with van der Waals surface area (Å²) < 4.78 is 11.5. The highest BCUT2D eigenvalue weighted by atomic mass is 16.5. The first kappa shape index (κ1) is 12.9. The summed E-state index contributed by atoms with van der Waals surface area (Å²) >= 11 is 0. The maximum atomic E-state index is 11.4. The van der Waals surface area contributed by atoms with Crippen LogP contribution in [0.25, 0.3) is 0 Å². The van der Waals surface area contributed by atoms with Crippen molar-refractivity contribution >= 4 is 5.78 Å². The molecule has 0 amide bonds. The highest BCUT2D eigenvalue weighted by Crippen LogP contribution is 2.39. The molecule has 1 aliphatic rings. The van der Waals surface area contributed by atoms with E-state index >= 15 is 0 Å². The van der Waals surface area contributed by atoms with Crippen LogP contribution in [0.1, 0.15) is 44.2 Å². The van der Waals surface area contributed by atoms with E-state index in [4.69, 9.17) is 9.47 Å². The van der Waals surface area contributed by atoms with Gasteiger partial charge in [0.1, 0.15) is 5.78 Å². The van der Waals surface area contributed by atoms with Crippen molar-refractivity contribution in [3.05, 3.63) is 23.3 Å². The standard InChI is InChI=1S/C15H20O3/c1-10(2)14-12(9-11(3)16)5-6-13-15(14)18-8-4-7-17-13/h5-6,10H,4,7-9H2,1-3H3. The molecule has 3 nitrogen and oxygen atoms in total. The molecule has 0 radical (unpaired) electrons. The van der Waals surface area contributed by atoms with Gasteiger partial charge in [0.05, 0.1) is 13.2 Å². The third kappa shape index (κ3) is 2.66. The molecule has 1 heterocycles. The van der Waals surface area contributed by atoms with Gasteiger partial charge in [-0.3, -0.25) is 4.79 Å². The number of carbonyl (C=O) groups excluding carboxylic acids is 1. The molecule has 1 aromatic carbocycles. The fraction of sp³-hybridized carbons (Fsp3) is 0.533. The summed E-state index contributed by atoms with van der Waals surface area (Å²) in [6, 6.07) is 3.91. The van der Waals surface area contributed by atoms with Crippen LogP contribution >= 0.6 is 0 Å². The minimum atomic E-state index is 0.173. The lowest BCUT2D eigenvalue weighted by Crippen LogP contribution is -2.06. The van der Waals surface area contributed by atoms with Gasteiger partial charge in [-0.05, 0) is 24.5 Å². The van der Waals surface area contributed by atoms with Gasteiger partial charge in [-0.15, -0.1) is 0 Å². The van der Waals surface area contributed by atoms with Crippen LogP contribution in [0.5, 0.6) is 11.5 Å². The molecule has 18 heavy (non-hydrogen) atoms. The van der Waals surface area contributed by atoms with Crippen LogP contribution < -0.4 is 9.47 Å². The Hall–Kier alpha value is -1.51. The molecule has 1 aromatic rings. The molecule has 0 spiro atoms.